The maximum Gasteiger partial charge on any atom is 0.404 e. The van der Waals surface area contributed by atoms with Crippen LogP contribution in [0.3, 0.4) is 0 Å². The van der Waals surface area contributed by atoms with Crippen molar-refractivity contribution >= 4 is 10.4 Å². The lowest BCUT2D eigenvalue weighted by atomic mass is 10.5. The second-order valence-electron chi connectivity index (χ2n) is 2.55. The topological polar surface area (TPSA) is 61.8 Å². The summed E-state index contributed by atoms with van der Waals surface area (Å²) >= 11 is 0. The van der Waals surface area contributed by atoms with E-state index in [4.69, 9.17) is 4.74 Å². The summed E-state index contributed by atoms with van der Waals surface area (Å²) in [5.74, 6) is 0. The van der Waals surface area contributed by atoms with Crippen molar-refractivity contribution in [1.82, 2.24) is 0 Å². The summed E-state index contributed by atoms with van der Waals surface area (Å²) in [6.45, 7) is 9.96. The van der Waals surface area contributed by atoms with Gasteiger partial charge in [-0.05, 0) is 6.42 Å². The number of hydrogen-bond acceptors (Lipinski definition) is 5. The molecule has 1 aliphatic rings. The Bertz CT molecular complexity index is 263. The summed E-state index contributed by atoms with van der Waals surface area (Å²) < 4.78 is 33.4. The predicted octanol–water partition coefficient (Wildman–Crippen LogP) is 1.39. The Labute approximate surface area is 90.7 Å². The molecule has 0 aromatic heterocycles. The van der Waals surface area contributed by atoms with Crippen LogP contribution >= 0.6 is 0 Å². The average Bonchev–Trinajstić information content (AvgIpc) is 2.16. The first kappa shape index (κ1) is 14.3. The van der Waals surface area contributed by atoms with Crippen LogP contribution in [-0.4, -0.2) is 27.9 Å². The van der Waals surface area contributed by atoms with Crippen molar-refractivity contribution in [2.24, 2.45) is 0 Å². The van der Waals surface area contributed by atoms with Gasteiger partial charge in [0.15, 0.2) is 6.29 Å². The summed E-state index contributed by atoms with van der Waals surface area (Å²) in [7, 11) is -3.54. The summed E-state index contributed by atoms with van der Waals surface area (Å²) in [5.41, 5.74) is 0. The molecular weight excluding hydrogens is 220 g/mol. The van der Waals surface area contributed by atoms with Gasteiger partial charge in [0.1, 0.15) is 0 Å². The Kier molecular flexibility index (Phi) is 7.23. The van der Waals surface area contributed by atoms with Crippen molar-refractivity contribution in [3.63, 3.8) is 0 Å². The fourth-order valence-electron chi connectivity index (χ4n) is 0.641. The van der Waals surface area contributed by atoms with Crippen molar-refractivity contribution in [3.8, 4) is 0 Å². The van der Waals surface area contributed by atoms with E-state index in [1.807, 2.05) is 0 Å². The second-order valence-corrected chi connectivity index (χ2v) is 3.75. The van der Waals surface area contributed by atoms with E-state index in [-0.39, 0.29) is 0 Å². The van der Waals surface area contributed by atoms with Crippen LogP contribution in [-0.2, 0) is 23.5 Å². The number of rotatable bonds is 5. The molecular formula is C9H16O5S. The van der Waals surface area contributed by atoms with E-state index in [0.29, 0.717) is 19.6 Å². The maximum absolute atomic E-state index is 10.0. The van der Waals surface area contributed by atoms with E-state index in [9.17, 15) is 8.42 Å². The van der Waals surface area contributed by atoms with Crippen LogP contribution in [0.25, 0.3) is 0 Å². The molecule has 88 valence electrons. The Morgan fingerprint density at radius 1 is 1.27 bits per heavy atom. The number of ether oxygens (including phenoxy) is 1. The van der Waals surface area contributed by atoms with Gasteiger partial charge in [0.2, 0.25) is 0 Å². The summed E-state index contributed by atoms with van der Waals surface area (Å²) in [6, 6.07) is 0. The fourth-order valence-corrected chi connectivity index (χ4v) is 1.45. The molecule has 1 fully saturated rings. The van der Waals surface area contributed by atoms with Crippen molar-refractivity contribution in [2.75, 3.05) is 13.2 Å². The minimum Gasteiger partial charge on any atom is -0.373 e. The van der Waals surface area contributed by atoms with Gasteiger partial charge in [0.05, 0.1) is 13.2 Å². The molecule has 1 aliphatic heterocycles. The molecule has 0 radical (unpaired) electrons. The molecule has 0 aromatic carbocycles. The zero-order chi connectivity index (χ0) is 11.7. The molecule has 0 spiro atoms. The fraction of sp³-hybridized carbons (Fsp3) is 0.556. The zero-order valence-corrected chi connectivity index (χ0v) is 9.53. The van der Waals surface area contributed by atoms with Crippen LogP contribution in [0.2, 0.25) is 0 Å². The molecule has 15 heavy (non-hydrogen) atoms. The van der Waals surface area contributed by atoms with E-state index in [1.54, 1.807) is 19.1 Å². The third-order valence-corrected chi connectivity index (χ3v) is 2.16. The monoisotopic (exact) mass is 236 g/mol. The highest BCUT2D eigenvalue weighted by atomic mass is 32.3. The molecule has 1 heterocycles. The van der Waals surface area contributed by atoms with Crippen LogP contribution in [0.1, 0.15) is 13.3 Å². The molecule has 0 N–H and O–H groups in total. The van der Waals surface area contributed by atoms with Crippen LogP contribution in [0.4, 0.5) is 0 Å². The van der Waals surface area contributed by atoms with Gasteiger partial charge in [-0.3, -0.25) is 0 Å². The molecule has 1 rings (SSSR count). The molecule has 1 saturated heterocycles. The lowest BCUT2D eigenvalue weighted by Gasteiger charge is -2.22. The van der Waals surface area contributed by atoms with Crippen LogP contribution < -0.4 is 0 Å². The van der Waals surface area contributed by atoms with Crippen molar-refractivity contribution in [1.29, 1.82) is 0 Å². The first-order valence-corrected chi connectivity index (χ1v) is 5.80. The van der Waals surface area contributed by atoms with Gasteiger partial charge in [0, 0.05) is 0 Å². The highest BCUT2D eigenvalue weighted by Crippen LogP contribution is 2.19. The van der Waals surface area contributed by atoms with E-state index in [0.717, 1.165) is 0 Å². The minimum atomic E-state index is -3.54. The minimum absolute atomic E-state index is 0.528. The highest BCUT2D eigenvalue weighted by molar-refractivity contribution is 7.82. The van der Waals surface area contributed by atoms with Gasteiger partial charge in [-0.25, -0.2) is 8.37 Å². The third-order valence-electron chi connectivity index (χ3n) is 1.26. The molecule has 5 nitrogen and oxygen atoms in total. The lowest BCUT2D eigenvalue weighted by Crippen LogP contribution is -2.35. The molecule has 0 bridgehead atoms. The van der Waals surface area contributed by atoms with Gasteiger partial charge >= 0.3 is 10.4 Å². The Hall–Kier alpha value is -0.690. The summed E-state index contributed by atoms with van der Waals surface area (Å²) in [6.07, 6.45) is 3.46. The molecule has 0 atom stereocenters. The molecule has 6 heteroatoms. The first-order valence-electron chi connectivity index (χ1n) is 4.46. The highest BCUT2D eigenvalue weighted by Gasteiger charge is 2.34. The van der Waals surface area contributed by atoms with E-state index in [1.165, 1.54) is 0 Å². The lowest BCUT2D eigenvalue weighted by molar-refractivity contribution is -0.0800. The third kappa shape index (κ3) is 7.26. The molecule has 0 aliphatic carbocycles. The van der Waals surface area contributed by atoms with Gasteiger partial charge in [0.25, 0.3) is 0 Å². The van der Waals surface area contributed by atoms with Gasteiger partial charge in [-0.1, -0.05) is 19.1 Å². The number of hydrogen-bond donors (Lipinski definition) is 0. The Morgan fingerprint density at radius 3 is 1.93 bits per heavy atom. The molecule has 0 amide bonds. The Balaban J connectivity index is 0.000000265. The molecule has 0 unspecified atom stereocenters. The van der Waals surface area contributed by atoms with E-state index < -0.39 is 16.7 Å². The van der Waals surface area contributed by atoms with Crippen molar-refractivity contribution < 1.29 is 21.5 Å². The van der Waals surface area contributed by atoms with E-state index >= 15 is 0 Å². The van der Waals surface area contributed by atoms with Crippen LogP contribution in [0, 0.1) is 0 Å². The van der Waals surface area contributed by atoms with Crippen LogP contribution in [0.5, 0.6) is 0 Å². The standard InChI is InChI=1S/C6H10O.C3H6O4S/c1-3-5-7-6-4-2;1-2-3-6-8(4,5)7-3/h3-4H,1-2,5-6H2;3H,2H2,1H3. The van der Waals surface area contributed by atoms with Gasteiger partial charge < -0.3 is 4.74 Å². The van der Waals surface area contributed by atoms with Crippen molar-refractivity contribution in [2.45, 2.75) is 19.6 Å². The normalized spacial score (nSPS) is 18.2. The van der Waals surface area contributed by atoms with Gasteiger partial charge in [-0.2, -0.15) is 8.42 Å². The summed E-state index contributed by atoms with van der Waals surface area (Å²) in [4.78, 5) is 0. The van der Waals surface area contributed by atoms with E-state index in [2.05, 4.69) is 21.5 Å². The SMILES string of the molecule is C=CCOCC=C.CCC1OS(=O)(=O)O1. The predicted molar refractivity (Wildman–Crippen MR) is 56.4 cm³/mol. The summed E-state index contributed by atoms with van der Waals surface area (Å²) in [5, 5.41) is 0. The van der Waals surface area contributed by atoms with Crippen molar-refractivity contribution in [3.05, 3.63) is 25.3 Å². The first-order chi connectivity index (χ1) is 7.05. The Morgan fingerprint density at radius 2 is 1.73 bits per heavy atom. The smallest absolute Gasteiger partial charge is 0.373 e. The molecule has 0 aromatic rings. The largest absolute Gasteiger partial charge is 0.404 e. The zero-order valence-electron chi connectivity index (χ0n) is 8.72. The maximum atomic E-state index is 10.0. The molecule has 0 saturated carbocycles. The van der Waals surface area contributed by atoms with Crippen LogP contribution in [0.15, 0.2) is 25.3 Å². The van der Waals surface area contributed by atoms with Gasteiger partial charge in [-0.15, -0.1) is 13.2 Å². The average molecular weight is 236 g/mol. The second kappa shape index (κ2) is 7.58. The quantitative estimate of drug-likeness (QED) is 0.533.